The predicted molar refractivity (Wildman–Crippen MR) is 450 cm³/mol. The van der Waals surface area contributed by atoms with Gasteiger partial charge in [-0.05, 0) is 226 Å². The minimum atomic E-state index is -3.90. The van der Waals surface area contributed by atoms with E-state index in [1.807, 2.05) is 0 Å². The molecule has 18 unspecified atom stereocenters. The summed E-state index contributed by atoms with van der Waals surface area (Å²) in [5.41, 5.74) is 3.13. The minimum Gasteiger partial charge on any atom is -0.393 e. The molecule has 6 saturated heterocycles. The SMILES string of the molecule is O=C(Cc1ccc(NC(=O)C2CCC3C(=O)OC(=O)C3C2)cc1)C1CCC2C(=O)OC(=O)C2C1.O=C(NCNC(=O)C1CCCCC1)C1CCCCC1.O=C(Nc1ccc(S(=O)(=O)c2ccc(NC(=O)C3CCC4C(=O)OC(=O)C4C3)cc2)cc1)C1CCC2C(=O)OC(=O)C2C1.O=C(Nc1cccc(NC(=O)C2CCC3C(=O)OC(=O)C3C2)c1)C1CCC2C(=O)OC(=O)C2C1. The number of esters is 12. The Kier molecular flexibility index (Phi) is 28.7. The molecule has 14 aliphatic rings. The largest absolute Gasteiger partial charge is 0.393 e. The van der Waals surface area contributed by atoms with E-state index in [0.717, 1.165) is 56.9 Å². The van der Waals surface area contributed by atoms with Crippen molar-refractivity contribution in [3.8, 4) is 0 Å². The maximum absolute atomic E-state index is 13.2. The molecule has 18 atom stereocenters. The van der Waals surface area contributed by atoms with Gasteiger partial charge in [-0.25, -0.2) is 8.42 Å². The number of carbonyl (C=O) groups excluding carboxylic acids is 20. The van der Waals surface area contributed by atoms with Gasteiger partial charge in [0.2, 0.25) is 51.2 Å². The van der Waals surface area contributed by atoms with Gasteiger partial charge in [0.1, 0.15) is 5.78 Å². The fourth-order valence-corrected chi connectivity index (χ4v) is 22.3. The van der Waals surface area contributed by atoms with Crippen molar-refractivity contribution in [1.29, 1.82) is 0 Å². The van der Waals surface area contributed by atoms with Crippen molar-refractivity contribution in [1.82, 2.24) is 10.6 Å². The van der Waals surface area contributed by atoms with Crippen molar-refractivity contribution in [2.45, 2.75) is 196 Å². The molecule has 7 amide bonds. The number of sulfone groups is 1. The number of fused-ring (bicyclic) bond motifs is 6. The average Bonchev–Trinajstić information content (AvgIpc) is 1.69. The molecule has 4 aromatic rings. The summed E-state index contributed by atoms with van der Waals surface area (Å²) in [6.45, 7) is 0.296. The summed E-state index contributed by atoms with van der Waals surface area (Å²) in [5, 5.41) is 19.7. The third-order valence-corrected chi connectivity index (χ3v) is 30.4. The maximum Gasteiger partial charge on any atom is 0.317 e. The minimum absolute atomic E-state index is 0.00441. The second-order valence-corrected chi connectivity index (χ2v) is 38.6. The summed E-state index contributed by atoms with van der Waals surface area (Å²) < 4.78 is 54.6. The van der Waals surface area contributed by atoms with Crippen LogP contribution in [0.25, 0.3) is 0 Å². The Hall–Kier alpha value is -12.4. The monoisotopic (exact) mass is 1810 g/mol. The van der Waals surface area contributed by atoms with Gasteiger partial charge < -0.3 is 65.6 Å². The van der Waals surface area contributed by atoms with E-state index in [-0.39, 0.29) is 113 Å². The quantitative estimate of drug-likeness (QED) is 0.0199. The standard InChI is InChI=1S/C30H28N2O10S.C25H25NO8.C24H24N2O8.C15H26N2O2/c33-25(15-1-11-21-23(13-15)29(37)41-27(21)35)31-17-3-7-19(8-4-17)43(39,40)20-9-5-18(6-10-20)32-26(34)16-2-12-22-24(14-16)30(38)42-28(22)36;27-20(13-3-7-16-18(10-13)24(31)33-22(16)29)9-12-1-5-15(6-2-12)26-21(28)14-4-8-17-19(11-14)25(32)34-23(17)30;27-19(11-4-6-15-17(8-11)23(31)33-21(15)29)25-13-2-1-3-14(10-13)26-20(28)12-5-7-16-18(9-12)24(32)34-22(16)30;18-14(12-7-3-1-4-8-12)16-11-17-15(19)13-9-5-2-6-10-13/h3-10,15-16,21-24H,1-2,11-14H2,(H,31,33)(H,32,34);1-2,5-6,13-14,16-19H,3-4,7-11H2,(H,26,28);1-3,10-12,15-18H,4-9H2,(H,25,27)(H,26,28);12-13H,1-11H2,(H,16,18)(H,17,19). The molecule has 6 heterocycles. The molecular formula is C94H103N7O28S. The molecule has 14 fully saturated rings. The lowest BCUT2D eigenvalue weighted by molar-refractivity contribution is -0.155. The number of cyclic esters (lactones) is 12. The Morgan fingerprint density at radius 3 is 0.769 bits per heavy atom. The molecule has 0 bridgehead atoms. The predicted octanol–water partition coefficient (Wildman–Crippen LogP) is 8.73. The van der Waals surface area contributed by atoms with Crippen LogP contribution < -0.4 is 37.2 Å². The fraction of sp³-hybridized carbons (Fsp3) is 0.532. The summed E-state index contributed by atoms with van der Waals surface area (Å²) in [7, 11) is -3.90. The molecule has 8 aliphatic carbocycles. The number of ether oxygens (including phenoxy) is 6. The number of hydrogen-bond acceptors (Lipinski definition) is 28. The van der Waals surface area contributed by atoms with Gasteiger partial charge in [0.25, 0.3) is 0 Å². The third kappa shape index (κ3) is 21.2. The molecule has 8 saturated carbocycles. The van der Waals surface area contributed by atoms with E-state index >= 15 is 0 Å². The highest BCUT2D eigenvalue weighted by atomic mass is 32.2. The van der Waals surface area contributed by atoms with E-state index in [1.165, 1.54) is 61.4 Å². The van der Waals surface area contributed by atoms with E-state index in [2.05, 4.69) is 37.2 Å². The summed E-state index contributed by atoms with van der Waals surface area (Å²) in [5.74, 6) is -15.6. The zero-order valence-corrected chi connectivity index (χ0v) is 72.2. The highest BCUT2D eigenvalue weighted by molar-refractivity contribution is 7.91. The van der Waals surface area contributed by atoms with Crippen LogP contribution in [0.2, 0.25) is 0 Å². The molecule has 6 aliphatic heterocycles. The maximum atomic E-state index is 13.2. The highest BCUT2D eigenvalue weighted by Crippen LogP contribution is 2.47. The number of amides is 7. The van der Waals surface area contributed by atoms with Crippen LogP contribution in [0.1, 0.15) is 185 Å². The summed E-state index contributed by atoms with van der Waals surface area (Å²) in [6.07, 6.45) is 18.6. The van der Waals surface area contributed by atoms with E-state index < -0.39 is 176 Å². The molecule has 36 heteroatoms. The van der Waals surface area contributed by atoms with Gasteiger partial charge in [0.15, 0.2) is 0 Å². The van der Waals surface area contributed by atoms with Crippen molar-refractivity contribution >= 4 is 157 Å². The Morgan fingerprint density at radius 1 is 0.254 bits per heavy atom. The number of hydrogen-bond donors (Lipinski definition) is 7. The van der Waals surface area contributed by atoms with Crippen molar-refractivity contribution in [3.63, 3.8) is 0 Å². The molecular weight excluding hydrogens is 1710 g/mol. The van der Waals surface area contributed by atoms with E-state index in [9.17, 15) is 104 Å². The lowest BCUT2D eigenvalue weighted by atomic mass is 9.73. The molecule has 0 aromatic heterocycles. The van der Waals surface area contributed by atoms with Crippen molar-refractivity contribution < 1.29 is 133 Å². The van der Waals surface area contributed by atoms with Gasteiger partial charge in [0, 0.05) is 82.2 Å². The Balaban J connectivity index is 0.000000137. The first-order valence-corrected chi connectivity index (χ1v) is 46.7. The zero-order valence-electron chi connectivity index (χ0n) is 71.3. The topological polar surface area (TPSA) is 515 Å². The number of benzene rings is 4. The third-order valence-electron chi connectivity index (χ3n) is 28.6. The van der Waals surface area contributed by atoms with Crippen LogP contribution in [-0.2, 0) is 141 Å². The summed E-state index contributed by atoms with van der Waals surface area (Å²) in [6, 6.07) is 25.1. The number of rotatable bonds is 19. The van der Waals surface area contributed by atoms with Gasteiger partial charge in [-0.2, -0.15) is 0 Å². The Morgan fingerprint density at radius 2 is 0.492 bits per heavy atom. The van der Waals surface area contributed by atoms with E-state index in [1.54, 1.807) is 48.5 Å². The van der Waals surface area contributed by atoms with Crippen molar-refractivity contribution in [2.75, 3.05) is 33.3 Å². The zero-order chi connectivity index (χ0) is 91.9. The van der Waals surface area contributed by atoms with E-state index in [0.29, 0.717) is 125 Å². The van der Waals surface area contributed by atoms with E-state index in [4.69, 9.17) is 28.4 Å². The van der Waals surface area contributed by atoms with Crippen LogP contribution >= 0.6 is 0 Å². The van der Waals surface area contributed by atoms with Gasteiger partial charge in [-0.3, -0.25) is 95.9 Å². The molecule has 35 nitrogen and oxygen atoms in total. The lowest BCUT2D eigenvalue weighted by Gasteiger charge is -2.27. The molecule has 0 radical (unpaired) electrons. The van der Waals surface area contributed by atoms with Crippen LogP contribution in [0.15, 0.2) is 107 Å². The smallest absolute Gasteiger partial charge is 0.317 e. The fourth-order valence-electron chi connectivity index (χ4n) is 21.0. The molecule has 130 heavy (non-hydrogen) atoms. The number of anilines is 5. The number of carbonyl (C=O) groups is 20. The van der Waals surface area contributed by atoms with Crippen LogP contribution in [-0.4, -0.2) is 134 Å². The first-order valence-electron chi connectivity index (χ1n) is 45.2. The molecule has 0 spiro atoms. The van der Waals surface area contributed by atoms with Crippen molar-refractivity contribution in [3.05, 3.63) is 103 Å². The lowest BCUT2D eigenvalue weighted by Crippen LogP contribution is -2.42. The second kappa shape index (κ2) is 40.3. The Labute approximate surface area is 746 Å². The van der Waals surface area contributed by atoms with Gasteiger partial charge >= 0.3 is 71.6 Å². The first kappa shape index (κ1) is 92.3. The van der Waals surface area contributed by atoms with Crippen LogP contribution in [0.5, 0.6) is 0 Å². The normalized spacial score (nSPS) is 29.5. The van der Waals surface area contributed by atoms with Gasteiger partial charge in [-0.15, -0.1) is 0 Å². The first-order chi connectivity index (χ1) is 62.4. The molecule has 688 valence electrons. The second-order valence-electron chi connectivity index (χ2n) is 36.6. The van der Waals surface area contributed by atoms with Crippen molar-refractivity contribution in [2.24, 2.45) is 118 Å². The molecule has 7 N–H and O–H groups in total. The average molecular weight is 1810 g/mol. The highest BCUT2D eigenvalue weighted by Gasteiger charge is 2.55. The van der Waals surface area contributed by atoms with Crippen LogP contribution in [0.4, 0.5) is 28.4 Å². The number of ketones is 1. The molecule has 18 rings (SSSR count). The van der Waals surface area contributed by atoms with Crippen LogP contribution in [0, 0.1) is 118 Å². The number of nitrogens with one attached hydrogen (secondary N) is 7. The number of Topliss-reactive ketones (excluding diaryl/α,β-unsaturated/α-hetero) is 1. The Bertz CT molecular complexity index is 5020. The summed E-state index contributed by atoms with van der Waals surface area (Å²) >= 11 is 0. The van der Waals surface area contributed by atoms with Crippen LogP contribution in [0.3, 0.4) is 0 Å². The molecule has 4 aromatic carbocycles. The van der Waals surface area contributed by atoms with Gasteiger partial charge in [0.05, 0.1) is 87.5 Å². The summed E-state index contributed by atoms with van der Waals surface area (Å²) in [4.78, 5) is 242. The van der Waals surface area contributed by atoms with Gasteiger partial charge in [-0.1, -0.05) is 56.7 Å².